The smallest absolute Gasteiger partial charge is 0.261 e. The lowest BCUT2D eigenvalue weighted by Gasteiger charge is -2.11. The van der Waals surface area contributed by atoms with E-state index in [-0.39, 0.29) is 4.90 Å². The van der Waals surface area contributed by atoms with Gasteiger partial charge in [0.1, 0.15) is 11.6 Å². The first-order valence-electron chi connectivity index (χ1n) is 11.4. The van der Waals surface area contributed by atoms with Gasteiger partial charge in [0.2, 0.25) is 0 Å². The summed E-state index contributed by atoms with van der Waals surface area (Å²) >= 11 is 0. The number of H-pyrrole nitrogens is 1. The number of benzene rings is 2. The third-order valence-corrected chi connectivity index (χ3v) is 7.30. The molecule has 0 bridgehead atoms. The van der Waals surface area contributed by atoms with Crippen LogP contribution in [0.5, 0.6) is 5.75 Å². The minimum absolute atomic E-state index is 0.193. The van der Waals surface area contributed by atoms with E-state index < -0.39 is 10.0 Å². The number of imidazole rings is 1. The van der Waals surface area contributed by atoms with Gasteiger partial charge in [-0.15, -0.1) is 0 Å². The number of nitrogens with one attached hydrogen (secondary N) is 2. The number of methoxy groups -OCH3 is 1. The van der Waals surface area contributed by atoms with Gasteiger partial charge < -0.3 is 9.72 Å². The maximum atomic E-state index is 12.8. The summed E-state index contributed by atoms with van der Waals surface area (Å²) in [6.07, 6.45) is 4.88. The number of nitrogens with zero attached hydrogens (tertiary/aromatic N) is 3. The van der Waals surface area contributed by atoms with Gasteiger partial charge in [-0.2, -0.15) is 0 Å². The van der Waals surface area contributed by atoms with E-state index in [1.54, 1.807) is 55.9 Å². The van der Waals surface area contributed by atoms with Crippen molar-refractivity contribution >= 4 is 26.9 Å². The number of hydrogen-bond donors (Lipinski definition) is 2. The van der Waals surface area contributed by atoms with Gasteiger partial charge in [-0.3, -0.25) is 9.71 Å². The van der Waals surface area contributed by atoms with Crippen molar-refractivity contribution in [2.45, 2.75) is 24.7 Å². The molecule has 0 fully saturated rings. The SMILES string of the molecule is COc1ccnc(CCc2nc3ncc(-c4ccc(S(=O)(=O)Nc5ccccc5C)cc4)cc3[nH]2)c1. The molecule has 0 radical (unpaired) electrons. The first kappa shape index (κ1) is 23.5. The first-order chi connectivity index (χ1) is 17.4. The van der Waals surface area contributed by atoms with E-state index in [0.717, 1.165) is 45.9 Å². The number of aromatic nitrogens is 4. The van der Waals surface area contributed by atoms with Crippen molar-refractivity contribution in [3.8, 4) is 16.9 Å². The van der Waals surface area contributed by atoms with Crippen molar-refractivity contribution in [1.29, 1.82) is 0 Å². The molecule has 0 saturated heterocycles. The molecule has 5 aromatic rings. The standard InChI is InChI=1S/C27H25N5O3S/c1-18-5-3-4-6-24(18)32-36(33,34)23-10-7-19(8-11-23)20-15-25-27(29-17-20)31-26(30-25)12-9-21-16-22(35-2)13-14-28-21/h3-8,10-11,13-17,32H,9,12H2,1-2H3,(H,29,30,31). The van der Waals surface area contributed by atoms with Gasteiger partial charge in [-0.05, 0) is 54.8 Å². The van der Waals surface area contributed by atoms with Gasteiger partial charge in [0, 0.05) is 36.1 Å². The molecule has 3 heterocycles. The highest BCUT2D eigenvalue weighted by Crippen LogP contribution is 2.25. The Kier molecular flexibility index (Phi) is 6.39. The van der Waals surface area contributed by atoms with E-state index in [1.807, 2.05) is 37.3 Å². The van der Waals surface area contributed by atoms with Crippen LogP contribution in [0.15, 0.2) is 84.0 Å². The number of aromatic amines is 1. The number of aryl methyl sites for hydroxylation is 3. The van der Waals surface area contributed by atoms with Gasteiger partial charge in [0.15, 0.2) is 5.65 Å². The molecule has 5 rings (SSSR count). The van der Waals surface area contributed by atoms with Crippen molar-refractivity contribution < 1.29 is 13.2 Å². The topological polar surface area (TPSA) is 110 Å². The van der Waals surface area contributed by atoms with Crippen LogP contribution in [-0.4, -0.2) is 35.5 Å². The first-order valence-corrected chi connectivity index (χ1v) is 12.9. The van der Waals surface area contributed by atoms with Crippen LogP contribution < -0.4 is 9.46 Å². The molecule has 2 N–H and O–H groups in total. The summed E-state index contributed by atoms with van der Waals surface area (Å²) < 4.78 is 33.6. The molecular weight excluding hydrogens is 474 g/mol. The fourth-order valence-corrected chi connectivity index (χ4v) is 5.04. The predicted octanol–water partition coefficient (Wildman–Crippen LogP) is 4.92. The Morgan fingerprint density at radius 2 is 1.75 bits per heavy atom. The average molecular weight is 500 g/mol. The van der Waals surface area contributed by atoms with E-state index in [4.69, 9.17) is 4.74 Å². The fourth-order valence-electron chi connectivity index (χ4n) is 3.91. The summed E-state index contributed by atoms with van der Waals surface area (Å²) in [5.74, 6) is 1.60. The summed E-state index contributed by atoms with van der Waals surface area (Å²) in [6.45, 7) is 1.86. The molecule has 3 aromatic heterocycles. The number of sulfonamides is 1. The van der Waals surface area contributed by atoms with Crippen molar-refractivity contribution in [1.82, 2.24) is 19.9 Å². The summed E-state index contributed by atoms with van der Waals surface area (Å²) in [7, 11) is -2.06. The third kappa shape index (κ3) is 5.06. The van der Waals surface area contributed by atoms with Crippen LogP contribution in [0.1, 0.15) is 17.1 Å². The Bertz CT molecular complexity index is 1630. The highest BCUT2D eigenvalue weighted by Gasteiger charge is 2.15. The van der Waals surface area contributed by atoms with E-state index in [1.165, 1.54) is 0 Å². The molecule has 36 heavy (non-hydrogen) atoms. The van der Waals surface area contributed by atoms with Gasteiger partial charge in [-0.1, -0.05) is 30.3 Å². The number of hydrogen-bond acceptors (Lipinski definition) is 6. The van der Waals surface area contributed by atoms with Crippen LogP contribution in [0, 0.1) is 6.92 Å². The Morgan fingerprint density at radius 1 is 0.944 bits per heavy atom. The van der Waals surface area contributed by atoms with Crippen molar-refractivity contribution in [2.24, 2.45) is 0 Å². The Morgan fingerprint density at radius 3 is 2.53 bits per heavy atom. The zero-order valence-corrected chi connectivity index (χ0v) is 20.7. The molecule has 9 heteroatoms. The molecule has 8 nitrogen and oxygen atoms in total. The van der Waals surface area contributed by atoms with Gasteiger partial charge in [0.25, 0.3) is 10.0 Å². The van der Waals surface area contributed by atoms with E-state index >= 15 is 0 Å². The van der Waals surface area contributed by atoms with Crippen LogP contribution in [0.25, 0.3) is 22.3 Å². The fraction of sp³-hybridized carbons (Fsp3) is 0.148. The lowest BCUT2D eigenvalue weighted by molar-refractivity contribution is 0.413. The van der Waals surface area contributed by atoms with E-state index in [9.17, 15) is 8.42 Å². The zero-order valence-electron chi connectivity index (χ0n) is 19.9. The predicted molar refractivity (Wildman–Crippen MR) is 140 cm³/mol. The lowest BCUT2D eigenvalue weighted by atomic mass is 10.1. The van der Waals surface area contributed by atoms with Crippen LogP contribution >= 0.6 is 0 Å². The Labute approximate surface area is 209 Å². The zero-order chi connectivity index (χ0) is 25.1. The maximum absolute atomic E-state index is 12.8. The number of rotatable bonds is 8. The molecule has 0 amide bonds. The largest absolute Gasteiger partial charge is 0.497 e. The molecule has 0 saturated carbocycles. The molecule has 0 aliphatic rings. The van der Waals surface area contributed by atoms with E-state index in [2.05, 4.69) is 24.7 Å². The monoisotopic (exact) mass is 499 g/mol. The average Bonchev–Trinajstić information content (AvgIpc) is 3.31. The summed E-state index contributed by atoms with van der Waals surface area (Å²) in [5.41, 5.74) is 5.52. The summed E-state index contributed by atoms with van der Waals surface area (Å²) in [6, 6.07) is 19.7. The number of anilines is 1. The van der Waals surface area contributed by atoms with Crippen molar-refractivity contribution in [2.75, 3.05) is 11.8 Å². The third-order valence-electron chi connectivity index (χ3n) is 5.92. The maximum Gasteiger partial charge on any atom is 0.261 e. The molecule has 0 atom stereocenters. The highest BCUT2D eigenvalue weighted by atomic mass is 32.2. The number of para-hydroxylation sites is 1. The molecule has 0 spiro atoms. The quantitative estimate of drug-likeness (QED) is 0.314. The van der Waals surface area contributed by atoms with Gasteiger partial charge in [0.05, 0.1) is 23.2 Å². The summed E-state index contributed by atoms with van der Waals surface area (Å²) in [5, 5.41) is 0. The van der Waals surface area contributed by atoms with Gasteiger partial charge in [-0.25, -0.2) is 18.4 Å². The summed E-state index contributed by atoms with van der Waals surface area (Å²) in [4.78, 5) is 17.0. The van der Waals surface area contributed by atoms with Crippen molar-refractivity contribution in [3.05, 3.63) is 96.2 Å². The van der Waals surface area contributed by atoms with Crippen molar-refractivity contribution in [3.63, 3.8) is 0 Å². The molecule has 2 aromatic carbocycles. The second kappa shape index (κ2) is 9.79. The minimum atomic E-state index is -3.69. The Balaban J connectivity index is 1.32. The van der Waals surface area contributed by atoms with Crippen LogP contribution in [-0.2, 0) is 22.9 Å². The molecular formula is C27H25N5O3S. The second-order valence-electron chi connectivity index (χ2n) is 8.41. The highest BCUT2D eigenvalue weighted by molar-refractivity contribution is 7.92. The molecule has 0 unspecified atom stereocenters. The normalized spacial score (nSPS) is 11.5. The second-order valence-corrected chi connectivity index (χ2v) is 10.1. The molecule has 182 valence electrons. The molecule has 0 aliphatic carbocycles. The van der Waals surface area contributed by atoms with E-state index in [0.29, 0.717) is 17.8 Å². The van der Waals surface area contributed by atoms with Crippen LogP contribution in [0.2, 0.25) is 0 Å². The number of pyridine rings is 2. The number of fused-ring (bicyclic) bond motifs is 1. The van der Waals surface area contributed by atoms with Crippen LogP contribution in [0.4, 0.5) is 5.69 Å². The van der Waals surface area contributed by atoms with Crippen LogP contribution in [0.3, 0.4) is 0 Å². The number of ether oxygens (including phenoxy) is 1. The van der Waals surface area contributed by atoms with Gasteiger partial charge >= 0.3 is 0 Å². The Hall–Kier alpha value is -4.24. The minimum Gasteiger partial charge on any atom is -0.497 e. The lowest BCUT2D eigenvalue weighted by Crippen LogP contribution is -2.13. The molecule has 0 aliphatic heterocycles.